The van der Waals surface area contributed by atoms with Gasteiger partial charge in [0.15, 0.2) is 5.84 Å². The van der Waals surface area contributed by atoms with E-state index in [1.54, 1.807) is 0 Å². The second-order valence-electron chi connectivity index (χ2n) is 3.48. The lowest BCUT2D eigenvalue weighted by Gasteiger charge is -2.17. The van der Waals surface area contributed by atoms with Gasteiger partial charge in [0, 0.05) is 7.11 Å². The summed E-state index contributed by atoms with van der Waals surface area (Å²) in [4.78, 5) is 20.9. The first-order chi connectivity index (χ1) is 10.8. The highest BCUT2D eigenvalue weighted by Gasteiger charge is 2.28. The summed E-state index contributed by atoms with van der Waals surface area (Å²) in [5, 5.41) is 43.4. The molecule has 0 bridgehead atoms. The van der Waals surface area contributed by atoms with Crippen molar-refractivity contribution in [2.75, 3.05) is 12.0 Å². The zero-order valence-electron chi connectivity index (χ0n) is 11.5. The third kappa shape index (κ3) is 4.89. The van der Waals surface area contributed by atoms with Crippen LogP contribution in [-0.4, -0.2) is 46.1 Å². The molecule has 0 fully saturated rings. The fourth-order valence-electron chi connectivity index (χ4n) is 1.28. The van der Waals surface area contributed by atoms with Gasteiger partial charge in [0.1, 0.15) is 5.82 Å². The van der Waals surface area contributed by atoms with Crippen LogP contribution in [-0.2, 0) is 4.79 Å². The first-order valence-corrected chi connectivity index (χ1v) is 6.31. The number of nitrogens with zero attached hydrogens (tertiary/aromatic N) is 3. The average molecular weight is 392 g/mol. The van der Waals surface area contributed by atoms with E-state index in [0.717, 1.165) is 25.3 Å². The molecule has 0 aliphatic rings. The molecule has 0 aliphatic carbocycles. The summed E-state index contributed by atoms with van der Waals surface area (Å²) in [5.41, 5.74) is -1.03. The number of nitrogens with one attached hydrogen (secondary N) is 2. The van der Waals surface area contributed by atoms with Gasteiger partial charge in [-0.2, -0.15) is 0 Å². The van der Waals surface area contributed by atoms with Crippen LogP contribution in [0, 0.1) is 26.8 Å². The van der Waals surface area contributed by atoms with Crippen LogP contribution in [0.2, 0.25) is 0 Å². The van der Waals surface area contributed by atoms with Crippen LogP contribution in [0.1, 0.15) is 0 Å². The smallest absolute Gasteiger partial charge is 0.389 e. The zero-order valence-corrected chi connectivity index (χ0v) is 13.1. The molecule has 1 amide bonds. The quantitative estimate of drug-likeness (QED) is 0.151. The summed E-state index contributed by atoms with van der Waals surface area (Å²) >= 11 is 2.88. The fourth-order valence-corrected chi connectivity index (χ4v) is 1.65. The Morgan fingerprint density at radius 3 is 2.43 bits per heavy atom. The fraction of sp³-hybridized carbons (Fsp3) is 0.0909. The van der Waals surface area contributed by atoms with E-state index in [0.29, 0.717) is 4.90 Å². The Labute approximate surface area is 137 Å². The number of carbonyl (C=O) groups excluding carboxylic acids is 1. The van der Waals surface area contributed by atoms with Crippen molar-refractivity contribution in [3.63, 3.8) is 0 Å². The number of benzene rings is 1. The van der Waals surface area contributed by atoms with E-state index in [1.807, 2.05) is 0 Å². The molecule has 0 unspecified atom stereocenters. The van der Waals surface area contributed by atoms with Crippen LogP contribution in [0.4, 0.5) is 10.1 Å². The molecule has 1 rings (SSSR count). The molecule has 0 saturated carbocycles. The van der Waals surface area contributed by atoms with Gasteiger partial charge in [0.2, 0.25) is 12.1 Å². The molecular weight excluding hydrogens is 381 g/mol. The van der Waals surface area contributed by atoms with Gasteiger partial charge in [-0.05, 0) is 39.1 Å². The monoisotopic (exact) mass is 391 g/mol. The van der Waals surface area contributed by atoms with E-state index in [1.165, 1.54) is 0 Å². The molecule has 4 N–H and O–H groups in total. The van der Waals surface area contributed by atoms with Gasteiger partial charge in [-0.15, -0.1) is 0 Å². The summed E-state index contributed by atoms with van der Waals surface area (Å²) in [5.74, 6) is -2.89. The maximum atomic E-state index is 13.1. The van der Waals surface area contributed by atoms with Crippen LogP contribution in [0.25, 0.3) is 0 Å². The highest BCUT2D eigenvalue weighted by Crippen LogP contribution is 2.22. The Morgan fingerprint density at radius 2 is 2.04 bits per heavy atom. The van der Waals surface area contributed by atoms with Gasteiger partial charge in [-0.3, -0.25) is 15.1 Å². The van der Waals surface area contributed by atoms with E-state index < -0.39 is 28.1 Å². The van der Waals surface area contributed by atoms with Crippen LogP contribution in [0.3, 0.4) is 0 Å². The minimum atomic E-state index is -1.37. The number of carbonyl (C=O) groups is 1. The standard InChI is InChI=1S/C10H7BrFN5O4.CH4O/c11-6-3-5(1-2-7(6)12)16(4-18)9(13)8(15-19)10(14)17(20)21;1-2/h1-4,13-14,19H;2H,1H3/b13-9?,14-10?,15-8-;. The molecule has 0 aliphatic heterocycles. The lowest BCUT2D eigenvalue weighted by Crippen LogP contribution is -2.41. The highest BCUT2D eigenvalue weighted by molar-refractivity contribution is 9.10. The Morgan fingerprint density at radius 1 is 1.48 bits per heavy atom. The van der Waals surface area contributed by atoms with Crippen molar-refractivity contribution < 1.29 is 24.4 Å². The van der Waals surface area contributed by atoms with Crippen molar-refractivity contribution in [2.45, 2.75) is 0 Å². The van der Waals surface area contributed by atoms with Crippen LogP contribution >= 0.6 is 15.9 Å². The van der Waals surface area contributed by atoms with Crippen molar-refractivity contribution in [2.24, 2.45) is 5.16 Å². The van der Waals surface area contributed by atoms with Gasteiger partial charge in [-0.1, -0.05) is 10.6 Å². The lowest BCUT2D eigenvalue weighted by molar-refractivity contribution is -0.347. The molecular formula is C11H11BrFN5O5. The Hall–Kier alpha value is -2.73. The molecule has 23 heavy (non-hydrogen) atoms. The van der Waals surface area contributed by atoms with E-state index >= 15 is 0 Å². The zero-order chi connectivity index (χ0) is 18.2. The summed E-state index contributed by atoms with van der Waals surface area (Å²) in [7, 11) is 1.00. The molecule has 0 radical (unpaired) electrons. The largest absolute Gasteiger partial charge is 0.410 e. The Kier molecular flexibility index (Phi) is 8.21. The molecule has 0 atom stereocenters. The maximum absolute atomic E-state index is 13.1. The summed E-state index contributed by atoms with van der Waals surface area (Å²) in [6.45, 7) is 0. The third-order valence-corrected chi connectivity index (χ3v) is 2.87. The minimum Gasteiger partial charge on any atom is -0.410 e. The number of hydrogen-bond donors (Lipinski definition) is 4. The number of hydrogen-bond acceptors (Lipinski definition) is 8. The van der Waals surface area contributed by atoms with E-state index in [2.05, 4.69) is 21.1 Å². The summed E-state index contributed by atoms with van der Waals surface area (Å²) < 4.78 is 13.1. The van der Waals surface area contributed by atoms with Gasteiger partial charge in [0.05, 0.1) is 10.2 Å². The van der Waals surface area contributed by atoms with Crippen LogP contribution in [0.15, 0.2) is 27.8 Å². The molecule has 1 aromatic carbocycles. The number of aliphatic hydroxyl groups is 1. The number of oxime groups is 1. The van der Waals surface area contributed by atoms with Gasteiger partial charge in [0.25, 0.3) is 0 Å². The molecule has 0 spiro atoms. The first kappa shape index (κ1) is 20.3. The second kappa shape index (κ2) is 9.32. The van der Waals surface area contributed by atoms with Crippen molar-refractivity contribution in [1.82, 2.24) is 0 Å². The number of amides is 1. The van der Waals surface area contributed by atoms with Gasteiger partial charge < -0.3 is 20.4 Å². The van der Waals surface area contributed by atoms with E-state index in [4.69, 9.17) is 21.1 Å². The van der Waals surface area contributed by atoms with Crippen LogP contribution < -0.4 is 4.90 Å². The predicted octanol–water partition coefficient (Wildman–Crippen LogP) is 1.22. The summed E-state index contributed by atoms with van der Waals surface area (Å²) in [6, 6.07) is 3.27. The molecule has 10 nitrogen and oxygen atoms in total. The van der Waals surface area contributed by atoms with Crippen molar-refractivity contribution in [3.05, 3.63) is 38.6 Å². The molecule has 0 aromatic heterocycles. The van der Waals surface area contributed by atoms with Gasteiger partial charge >= 0.3 is 5.84 Å². The Balaban J connectivity index is 0.00000232. The normalized spacial score (nSPS) is 10.2. The molecule has 12 heteroatoms. The molecule has 1 aromatic rings. The molecule has 124 valence electrons. The molecule has 0 saturated heterocycles. The van der Waals surface area contributed by atoms with E-state index in [9.17, 15) is 19.3 Å². The van der Waals surface area contributed by atoms with Crippen molar-refractivity contribution >= 4 is 45.4 Å². The maximum Gasteiger partial charge on any atom is 0.389 e. The number of nitro groups is 1. The number of aliphatic hydroxyl groups excluding tert-OH is 1. The number of amidine groups is 2. The number of anilines is 1. The van der Waals surface area contributed by atoms with Crippen molar-refractivity contribution in [3.8, 4) is 0 Å². The first-order valence-electron chi connectivity index (χ1n) is 5.52. The van der Waals surface area contributed by atoms with Crippen LogP contribution in [0.5, 0.6) is 0 Å². The molecule has 0 heterocycles. The topological polar surface area (TPSA) is 164 Å². The number of rotatable bonds is 4. The number of halogens is 2. The third-order valence-electron chi connectivity index (χ3n) is 2.26. The second-order valence-corrected chi connectivity index (χ2v) is 4.33. The van der Waals surface area contributed by atoms with E-state index in [-0.39, 0.29) is 16.6 Å². The van der Waals surface area contributed by atoms with Gasteiger partial charge in [-0.25, -0.2) is 4.39 Å². The van der Waals surface area contributed by atoms with Crippen molar-refractivity contribution in [1.29, 1.82) is 10.8 Å². The highest BCUT2D eigenvalue weighted by atomic mass is 79.9. The predicted molar refractivity (Wildman–Crippen MR) is 82.5 cm³/mol. The average Bonchev–Trinajstić information content (AvgIpc) is 2.54. The SMILES string of the molecule is CO.N=C(/C(=N/O)C(=N)[N+](=O)[O-])N(C=O)c1ccc(F)c(Br)c1. The lowest BCUT2D eigenvalue weighted by atomic mass is 10.2. The minimum absolute atomic E-state index is 0.00788. The summed E-state index contributed by atoms with van der Waals surface area (Å²) in [6.07, 6.45) is 0.112. The Bertz CT molecular complexity index is 666.